The van der Waals surface area contributed by atoms with Crippen molar-refractivity contribution in [3.8, 4) is 0 Å². The second-order valence-corrected chi connectivity index (χ2v) is 33.3. The van der Waals surface area contributed by atoms with Crippen LogP contribution in [0.3, 0.4) is 0 Å². The first-order valence-corrected chi connectivity index (χ1v) is 13.0. The van der Waals surface area contributed by atoms with Gasteiger partial charge in [0.25, 0.3) is 0 Å². The maximum atomic E-state index is 9.33. The molecule has 10 heterocycles. The van der Waals surface area contributed by atoms with Crippen molar-refractivity contribution < 1.29 is 26.2 Å². The molecule has 1 spiro atoms. The minimum atomic E-state index is -3.56. The standard InChI is InChI=1S/2C6H7O2.Fe/c2*7-5-8-6-3-1-2-4-6;/h2*1-4,7H,5H2;. The van der Waals surface area contributed by atoms with Crippen LogP contribution in [0.5, 0.6) is 0 Å². The fourth-order valence-electron chi connectivity index (χ4n) is 17.1. The van der Waals surface area contributed by atoms with Crippen LogP contribution < -0.4 is 0 Å². The number of hydrogen-bond donors (Lipinski definition) is 2. The van der Waals surface area contributed by atoms with Gasteiger partial charge >= 0.3 is 87.3 Å². The molecule has 0 amide bonds. The van der Waals surface area contributed by atoms with E-state index in [1.54, 1.807) is 0 Å². The van der Waals surface area contributed by atoms with Crippen molar-refractivity contribution in [3.63, 3.8) is 0 Å². The van der Waals surface area contributed by atoms with E-state index in [0.717, 1.165) is 38.5 Å². The van der Waals surface area contributed by atoms with E-state index in [9.17, 15) is 10.2 Å². The Hall–Kier alpha value is 0.359. The number of aliphatic hydroxyl groups excluding tert-OH is 2. The number of rotatable bonds is 4. The van der Waals surface area contributed by atoms with E-state index in [2.05, 4.69) is 0 Å². The first-order chi connectivity index (χ1) is 8.05. The molecule has 8 unspecified atom stereocenters. The molecule has 0 aromatic carbocycles. The zero-order chi connectivity index (χ0) is 10.8. The molecule has 10 aliphatic heterocycles. The zero-order valence-electron chi connectivity index (χ0n) is 9.10. The first kappa shape index (κ1) is 6.69. The van der Waals surface area contributed by atoms with Gasteiger partial charge in [-0.2, -0.15) is 0 Å². The Bertz CT molecular complexity index is 893. The second-order valence-electron chi connectivity index (χ2n) is 10.2. The van der Waals surface area contributed by atoms with Crippen molar-refractivity contribution in [3.05, 3.63) is 0 Å². The molecular weight excluding hydrogens is 264 g/mol. The van der Waals surface area contributed by atoms with Crippen molar-refractivity contribution in [1.29, 1.82) is 0 Å². The van der Waals surface area contributed by atoms with Crippen LogP contribution in [0.1, 0.15) is 0 Å². The molecule has 2 N–H and O–H groups in total. The molecule has 4 nitrogen and oxygen atoms in total. The van der Waals surface area contributed by atoms with E-state index < -0.39 is 6.51 Å². The fourth-order valence-corrected chi connectivity index (χ4v) is 89.9. The predicted molar refractivity (Wildman–Crippen MR) is 51.8 cm³/mol. The van der Waals surface area contributed by atoms with E-state index in [1.807, 2.05) is 0 Å². The molecule has 0 radical (unpaired) electrons. The van der Waals surface area contributed by atoms with Crippen LogP contribution in [0.4, 0.5) is 0 Å². The molecule has 10 aliphatic rings. The van der Waals surface area contributed by atoms with Crippen LogP contribution in [0.25, 0.3) is 0 Å². The Morgan fingerprint density at radius 1 is 0.765 bits per heavy atom. The molecule has 10 fully saturated rings. The van der Waals surface area contributed by atoms with Crippen molar-refractivity contribution >= 4 is 0 Å². The van der Waals surface area contributed by atoms with Crippen molar-refractivity contribution in [2.24, 2.45) is 0 Å². The van der Waals surface area contributed by atoms with Gasteiger partial charge in [0.2, 0.25) is 0 Å². The zero-order valence-corrected chi connectivity index (χ0v) is 10.2. The molecule has 0 bridgehead atoms. The van der Waals surface area contributed by atoms with Gasteiger partial charge in [-0.1, -0.05) is 0 Å². The average molecular weight is 278 g/mol. The second kappa shape index (κ2) is 0.530. The summed E-state index contributed by atoms with van der Waals surface area (Å²) >= 11 is 0. The predicted octanol–water partition coefficient (Wildman–Crippen LogP) is 1.12. The normalized spacial score (nSPS) is 124. The summed E-state index contributed by atoms with van der Waals surface area (Å²) in [6.07, 6.45) is 0. The van der Waals surface area contributed by atoms with Gasteiger partial charge in [-0.25, -0.2) is 0 Å². The third-order valence-corrected chi connectivity index (χ3v) is 57.0. The third-order valence-electron chi connectivity index (χ3n) is 15.1. The van der Waals surface area contributed by atoms with Gasteiger partial charge in [0.1, 0.15) is 0 Å². The Morgan fingerprint density at radius 2 is 1.12 bits per heavy atom. The van der Waals surface area contributed by atoms with Gasteiger partial charge in [0.05, 0.1) is 0 Å². The van der Waals surface area contributed by atoms with Gasteiger partial charge in [0, 0.05) is 0 Å². The fraction of sp³-hybridized carbons (Fsp3) is 1.00. The van der Waals surface area contributed by atoms with Gasteiger partial charge in [-0.3, -0.25) is 0 Å². The van der Waals surface area contributed by atoms with Crippen molar-refractivity contribution in [2.75, 3.05) is 13.6 Å². The summed E-state index contributed by atoms with van der Waals surface area (Å²) in [6.45, 7) is -3.71. The van der Waals surface area contributed by atoms with Gasteiger partial charge in [0.15, 0.2) is 0 Å². The molecular formula is C12H14FeO4. The molecule has 10 rings (SSSR count). The summed E-state index contributed by atoms with van der Waals surface area (Å²) in [5, 5.41) is 18.7. The summed E-state index contributed by atoms with van der Waals surface area (Å²) in [5.74, 6) is 0. The summed E-state index contributed by atoms with van der Waals surface area (Å²) in [4.78, 5) is 7.92. The molecule has 5 heteroatoms. The SMILES string of the molecule is OCO[C]12[CH]3[CH]4[CH]5[CH]1[Fe]45321678[CH]2[CH]1[CH]6[C]7(OCO)[CH]28. The van der Waals surface area contributed by atoms with Crippen LogP contribution in [-0.2, 0) is 16.0 Å². The van der Waals surface area contributed by atoms with Crippen LogP contribution in [-0.4, -0.2) is 32.8 Å². The van der Waals surface area contributed by atoms with Crippen molar-refractivity contribution in [2.45, 2.75) is 47.5 Å². The maximum absolute atomic E-state index is 9.33. The van der Waals surface area contributed by atoms with Gasteiger partial charge in [-0.05, 0) is 0 Å². The van der Waals surface area contributed by atoms with Gasteiger partial charge in [-0.15, -0.1) is 0 Å². The van der Waals surface area contributed by atoms with Crippen LogP contribution >= 0.6 is 0 Å². The minimum absolute atomic E-state index is 0.0773. The van der Waals surface area contributed by atoms with Gasteiger partial charge < -0.3 is 0 Å². The number of aliphatic hydroxyl groups is 2. The molecule has 8 atom stereocenters. The summed E-state index contributed by atoms with van der Waals surface area (Å²) in [7, 11) is 0. The Morgan fingerprint density at radius 3 is 1.35 bits per heavy atom. The Balaban J connectivity index is 1.61. The molecule has 0 aromatic heterocycles. The average Bonchev–Trinajstić information content (AvgIpc) is 3.24. The molecule has 10 saturated heterocycles. The summed E-state index contributed by atoms with van der Waals surface area (Å²) in [6, 6.07) is 0. The molecule has 94 valence electrons. The molecule has 0 aromatic rings. The molecule has 0 aliphatic carbocycles. The molecule has 0 saturated carbocycles. The van der Waals surface area contributed by atoms with E-state index in [1.165, 1.54) is 0 Å². The van der Waals surface area contributed by atoms with Crippen LogP contribution in [0.15, 0.2) is 0 Å². The van der Waals surface area contributed by atoms with E-state index in [-0.39, 0.29) is 22.6 Å². The van der Waals surface area contributed by atoms with Crippen LogP contribution in [0.2, 0.25) is 38.5 Å². The van der Waals surface area contributed by atoms with E-state index in [4.69, 9.17) is 9.47 Å². The monoisotopic (exact) mass is 278 g/mol. The van der Waals surface area contributed by atoms with Crippen LogP contribution in [0, 0.1) is 0 Å². The topological polar surface area (TPSA) is 58.9 Å². The molecule has 17 heavy (non-hydrogen) atoms. The first-order valence-electron chi connectivity index (χ1n) is 6.76. The summed E-state index contributed by atoms with van der Waals surface area (Å²) < 4.78 is 12.6. The number of hydrogen-bond acceptors (Lipinski definition) is 4. The Kier molecular flexibility index (Phi) is 0.208. The van der Waals surface area contributed by atoms with E-state index >= 15 is 0 Å². The summed E-state index contributed by atoms with van der Waals surface area (Å²) in [5.41, 5.74) is 0. The van der Waals surface area contributed by atoms with E-state index in [0.29, 0.717) is 0 Å². The number of fused-ring (bicyclic) bond motifs is 10. The Labute approximate surface area is 87.6 Å². The quantitative estimate of drug-likeness (QED) is 0.597. The third kappa shape index (κ3) is 0.0614. The number of ether oxygens (including phenoxy) is 2. The van der Waals surface area contributed by atoms with Crippen molar-refractivity contribution in [1.82, 2.24) is 0 Å².